The van der Waals surface area contributed by atoms with Crippen LogP contribution in [0.15, 0.2) is 48.0 Å². The number of amides is 1. The molecule has 1 unspecified atom stereocenters. The number of rotatable bonds is 9. The smallest absolute Gasteiger partial charge is 0.350 e. The first-order valence-corrected chi connectivity index (χ1v) is 13.0. The number of aliphatic hydroxyl groups excluding tert-OH is 1. The second-order valence-corrected chi connectivity index (χ2v) is 9.35. The van der Waals surface area contributed by atoms with Crippen LogP contribution >= 0.6 is 11.3 Å². The molecule has 0 saturated carbocycles. The van der Waals surface area contributed by atoms with Gasteiger partial charge >= 0.3 is 11.9 Å². The summed E-state index contributed by atoms with van der Waals surface area (Å²) in [6.07, 6.45) is 0. The molecule has 2 aromatic carbocycles. The molecule has 0 aliphatic carbocycles. The fraction of sp³-hybridized carbons (Fsp3) is 0.286. The van der Waals surface area contributed by atoms with Crippen molar-refractivity contribution >= 4 is 39.9 Å². The zero-order valence-electron chi connectivity index (χ0n) is 22.1. The lowest BCUT2D eigenvalue weighted by atomic mass is 9.95. The fourth-order valence-corrected chi connectivity index (χ4v) is 5.26. The van der Waals surface area contributed by atoms with E-state index < -0.39 is 23.7 Å². The number of carbonyl (C=O) groups is 3. The number of ether oxygens (including phenoxy) is 4. The van der Waals surface area contributed by atoms with Gasteiger partial charge in [0.15, 0.2) is 16.6 Å². The minimum atomic E-state index is -1.08. The van der Waals surface area contributed by atoms with Gasteiger partial charge in [-0.05, 0) is 50.6 Å². The number of esters is 1. The summed E-state index contributed by atoms with van der Waals surface area (Å²) in [5, 5.41) is 11.5. The standard InChI is InChI=1S/C28H28N2O8S/c1-6-37-19-12-11-16(14-20(19)36-5)22-21(23(31)17-9-8-10-18(13-17)35-4)24(32)26(33)30(22)28-29-15(3)25(39-28)27(34)38-7-2/h8-14,22,31H,6-7H2,1-5H3. The van der Waals surface area contributed by atoms with Crippen molar-refractivity contribution < 1.29 is 38.4 Å². The molecule has 39 heavy (non-hydrogen) atoms. The first-order valence-electron chi connectivity index (χ1n) is 12.2. The van der Waals surface area contributed by atoms with Crippen molar-refractivity contribution in [1.29, 1.82) is 0 Å². The number of aryl methyl sites for hydroxylation is 1. The van der Waals surface area contributed by atoms with E-state index in [2.05, 4.69) is 4.98 Å². The minimum absolute atomic E-state index is 0.111. The van der Waals surface area contributed by atoms with Crippen molar-refractivity contribution in [2.24, 2.45) is 0 Å². The van der Waals surface area contributed by atoms with Crippen molar-refractivity contribution in [1.82, 2.24) is 4.98 Å². The van der Waals surface area contributed by atoms with Crippen molar-refractivity contribution in [2.45, 2.75) is 26.8 Å². The lowest BCUT2D eigenvalue weighted by Gasteiger charge is -2.24. The van der Waals surface area contributed by atoms with Crippen LogP contribution in [-0.2, 0) is 14.3 Å². The molecule has 1 aromatic heterocycles. The summed E-state index contributed by atoms with van der Waals surface area (Å²) in [7, 11) is 2.96. The number of methoxy groups -OCH3 is 2. The number of hydrogen-bond acceptors (Lipinski definition) is 10. The van der Waals surface area contributed by atoms with E-state index >= 15 is 0 Å². The van der Waals surface area contributed by atoms with Gasteiger partial charge in [0.25, 0.3) is 5.78 Å². The molecule has 1 aliphatic heterocycles. The van der Waals surface area contributed by atoms with Crippen molar-refractivity contribution in [3.63, 3.8) is 0 Å². The van der Waals surface area contributed by atoms with Crippen molar-refractivity contribution in [3.05, 3.63) is 69.7 Å². The third-order valence-electron chi connectivity index (χ3n) is 6.04. The van der Waals surface area contributed by atoms with Crippen LogP contribution in [0.4, 0.5) is 5.13 Å². The molecule has 1 amide bonds. The SMILES string of the molecule is CCOC(=O)c1sc(N2C(=O)C(=O)C(=C(O)c3cccc(OC)c3)C2c2ccc(OCC)c(OC)c2)nc1C. The Kier molecular flexibility index (Phi) is 8.20. The molecule has 3 aromatic rings. The normalized spacial score (nSPS) is 16.3. The van der Waals surface area contributed by atoms with Gasteiger partial charge in [0, 0.05) is 5.56 Å². The number of aromatic nitrogens is 1. The molecule has 0 spiro atoms. The molecule has 4 rings (SSSR count). The molecule has 1 fully saturated rings. The highest BCUT2D eigenvalue weighted by Gasteiger charge is 2.48. The predicted octanol–water partition coefficient (Wildman–Crippen LogP) is 4.67. The Morgan fingerprint density at radius 3 is 2.49 bits per heavy atom. The molecule has 1 N–H and O–H groups in total. The van der Waals surface area contributed by atoms with Gasteiger partial charge in [-0.1, -0.05) is 29.5 Å². The molecular formula is C28H28N2O8S. The highest BCUT2D eigenvalue weighted by atomic mass is 32.1. The van der Waals surface area contributed by atoms with Crippen LogP contribution in [-0.4, -0.2) is 55.2 Å². The van der Waals surface area contributed by atoms with Gasteiger partial charge in [-0.15, -0.1) is 0 Å². The lowest BCUT2D eigenvalue weighted by Crippen LogP contribution is -2.29. The van der Waals surface area contributed by atoms with Crippen LogP contribution in [0.5, 0.6) is 17.2 Å². The van der Waals surface area contributed by atoms with Gasteiger partial charge in [0.05, 0.1) is 44.7 Å². The summed E-state index contributed by atoms with van der Waals surface area (Å²) in [5.41, 5.74) is 0.957. The van der Waals surface area contributed by atoms with Gasteiger partial charge in [-0.3, -0.25) is 14.5 Å². The molecule has 1 saturated heterocycles. The van der Waals surface area contributed by atoms with E-state index in [0.29, 0.717) is 35.1 Å². The molecule has 0 bridgehead atoms. The Morgan fingerprint density at radius 1 is 1.05 bits per heavy atom. The number of Topliss-reactive ketones (excluding diaryl/α,β-unsaturated/α-hetero) is 1. The average molecular weight is 553 g/mol. The number of hydrogen-bond donors (Lipinski definition) is 1. The van der Waals surface area contributed by atoms with Crippen LogP contribution in [0.3, 0.4) is 0 Å². The van der Waals surface area contributed by atoms with E-state index in [4.69, 9.17) is 18.9 Å². The summed E-state index contributed by atoms with van der Waals surface area (Å²) < 4.78 is 21.5. The van der Waals surface area contributed by atoms with Crippen LogP contribution in [0.1, 0.15) is 46.4 Å². The summed E-state index contributed by atoms with van der Waals surface area (Å²) in [4.78, 5) is 45.3. The molecule has 0 radical (unpaired) electrons. The maximum Gasteiger partial charge on any atom is 0.350 e. The van der Waals surface area contributed by atoms with Gasteiger partial charge < -0.3 is 24.1 Å². The second-order valence-electron chi connectivity index (χ2n) is 8.38. The summed E-state index contributed by atoms with van der Waals surface area (Å²) in [5.74, 6) is -1.45. The molecular weight excluding hydrogens is 524 g/mol. The lowest BCUT2D eigenvalue weighted by molar-refractivity contribution is -0.132. The summed E-state index contributed by atoms with van der Waals surface area (Å²) in [6.45, 7) is 5.71. The molecule has 10 nitrogen and oxygen atoms in total. The van der Waals surface area contributed by atoms with Gasteiger partial charge in [-0.25, -0.2) is 9.78 Å². The van der Waals surface area contributed by atoms with Crippen LogP contribution in [0, 0.1) is 6.92 Å². The summed E-state index contributed by atoms with van der Waals surface area (Å²) in [6, 6.07) is 10.4. The monoisotopic (exact) mass is 552 g/mol. The molecule has 11 heteroatoms. The quantitative estimate of drug-likeness (QED) is 0.174. The zero-order chi connectivity index (χ0) is 28.3. The topological polar surface area (TPSA) is 124 Å². The Bertz CT molecular complexity index is 1460. The highest BCUT2D eigenvalue weighted by molar-refractivity contribution is 7.17. The molecule has 1 aliphatic rings. The minimum Gasteiger partial charge on any atom is -0.507 e. The maximum absolute atomic E-state index is 13.5. The first kappa shape index (κ1) is 27.6. The third-order valence-corrected chi connectivity index (χ3v) is 7.18. The largest absolute Gasteiger partial charge is 0.507 e. The van der Waals surface area contributed by atoms with Gasteiger partial charge in [-0.2, -0.15) is 0 Å². The summed E-state index contributed by atoms with van der Waals surface area (Å²) >= 11 is 0.933. The number of ketones is 1. The number of aliphatic hydroxyl groups is 1. The van der Waals surface area contributed by atoms with Gasteiger partial charge in [0.2, 0.25) is 0 Å². The van der Waals surface area contributed by atoms with Crippen LogP contribution in [0.25, 0.3) is 5.76 Å². The Labute approximate surface area is 229 Å². The van der Waals surface area contributed by atoms with Crippen molar-refractivity contribution in [2.75, 3.05) is 32.3 Å². The Morgan fingerprint density at radius 2 is 1.82 bits per heavy atom. The maximum atomic E-state index is 13.5. The molecule has 1 atom stereocenters. The van der Waals surface area contributed by atoms with E-state index in [1.54, 1.807) is 56.3 Å². The van der Waals surface area contributed by atoms with Crippen molar-refractivity contribution in [3.8, 4) is 17.2 Å². The number of benzene rings is 2. The fourth-order valence-electron chi connectivity index (χ4n) is 4.27. The first-order chi connectivity index (χ1) is 18.7. The zero-order valence-corrected chi connectivity index (χ0v) is 23.0. The van der Waals surface area contributed by atoms with Crippen LogP contribution < -0.4 is 19.1 Å². The Balaban J connectivity index is 1.94. The van der Waals surface area contributed by atoms with E-state index in [1.165, 1.54) is 19.1 Å². The number of carbonyl (C=O) groups excluding carboxylic acids is 3. The van der Waals surface area contributed by atoms with Crippen LogP contribution in [0.2, 0.25) is 0 Å². The highest BCUT2D eigenvalue weighted by Crippen LogP contribution is 2.45. The van der Waals surface area contributed by atoms with E-state index in [9.17, 15) is 19.5 Å². The van der Waals surface area contributed by atoms with E-state index in [1.807, 2.05) is 6.92 Å². The average Bonchev–Trinajstić information content (AvgIpc) is 3.45. The number of thiazole rings is 1. The second kappa shape index (κ2) is 11.6. The Hall–Kier alpha value is -4.38. The van der Waals surface area contributed by atoms with E-state index in [0.717, 1.165) is 11.3 Å². The number of nitrogens with zero attached hydrogens (tertiary/aromatic N) is 2. The predicted molar refractivity (Wildman–Crippen MR) is 145 cm³/mol. The third kappa shape index (κ3) is 5.17. The molecule has 2 heterocycles. The van der Waals surface area contributed by atoms with Gasteiger partial charge in [0.1, 0.15) is 16.4 Å². The van der Waals surface area contributed by atoms with E-state index in [-0.39, 0.29) is 33.5 Å². The number of anilines is 1. The molecule has 204 valence electrons.